The van der Waals surface area contributed by atoms with E-state index in [2.05, 4.69) is 42.1 Å². The number of H-pyrrole nitrogens is 1. The number of halogens is 2. The number of fused-ring (bicyclic) bond motifs is 1. The summed E-state index contributed by atoms with van der Waals surface area (Å²) in [6.07, 6.45) is 0. The lowest BCUT2D eigenvalue weighted by Gasteiger charge is -2.17. The maximum atomic E-state index is 11.8. The summed E-state index contributed by atoms with van der Waals surface area (Å²) in [7, 11) is -15.3. The number of para-hydroxylation sites is 1. The van der Waals surface area contributed by atoms with Crippen molar-refractivity contribution < 1.29 is 44.3 Å². The van der Waals surface area contributed by atoms with Gasteiger partial charge in [0.25, 0.3) is 0 Å². The number of aromatic amines is 1. The second-order valence-electron chi connectivity index (χ2n) is 4.00. The van der Waals surface area contributed by atoms with Gasteiger partial charge in [-0.3, -0.25) is 4.89 Å². The van der Waals surface area contributed by atoms with Crippen LogP contribution < -0.4 is 4.52 Å². The predicted octanol–water partition coefficient (Wildman–Crippen LogP) is 4.39. The average Bonchev–Trinajstić information content (AvgIpc) is 2.86. The van der Waals surface area contributed by atoms with E-state index < -0.39 is 23.5 Å². The lowest BCUT2D eigenvalue weighted by Crippen LogP contribution is -1.99. The molecule has 0 radical (unpaired) electrons. The van der Waals surface area contributed by atoms with Crippen molar-refractivity contribution in [2.45, 2.75) is 0 Å². The lowest BCUT2D eigenvalue weighted by molar-refractivity contribution is 0.217. The van der Waals surface area contributed by atoms with Crippen LogP contribution in [0.4, 0.5) is 0 Å². The van der Waals surface area contributed by atoms with E-state index in [0.717, 1.165) is 0 Å². The highest BCUT2D eigenvalue weighted by atomic mass is 79.9. The zero-order chi connectivity index (χ0) is 18.0. The van der Waals surface area contributed by atoms with Gasteiger partial charge in [-0.25, -0.2) is 17.3 Å². The summed E-state index contributed by atoms with van der Waals surface area (Å²) in [6, 6.07) is 8.11. The van der Waals surface area contributed by atoms with Crippen molar-refractivity contribution in [3.63, 3.8) is 0 Å². The molecule has 0 aliphatic carbocycles. The van der Waals surface area contributed by atoms with Crippen molar-refractivity contribution in [2.24, 2.45) is 0 Å². The summed E-state index contributed by atoms with van der Waals surface area (Å²) in [4.78, 5) is 21.5. The van der Waals surface area contributed by atoms with Crippen LogP contribution in [0, 0.1) is 0 Å². The van der Waals surface area contributed by atoms with Gasteiger partial charge in [0.15, 0.2) is 0 Å². The van der Waals surface area contributed by atoms with E-state index in [-0.39, 0.29) is 5.88 Å². The predicted molar refractivity (Wildman–Crippen MR) is 85.3 cm³/mol. The van der Waals surface area contributed by atoms with Gasteiger partial charge in [0.2, 0.25) is 5.88 Å². The van der Waals surface area contributed by atoms with Crippen molar-refractivity contribution in [1.29, 1.82) is 0 Å². The maximum Gasteiger partial charge on any atom is 0.537 e. The molecule has 3 atom stereocenters. The first kappa shape index (κ1) is 20.1. The maximum absolute atomic E-state index is 11.8. The molecule has 2 rings (SSSR count). The molecule has 0 saturated heterocycles. The van der Waals surface area contributed by atoms with Gasteiger partial charge in [0.05, 0.1) is 11.9 Å². The molecule has 0 saturated carbocycles. The monoisotopic (exact) mass is 485 g/mol. The SMILES string of the molecule is O=P(O)(Oc1cc2ccccc2[nH]1)OP(=O)(O)OP(=O)(OCl)OBr. The second-order valence-corrected chi connectivity index (χ2v) is 9.81. The van der Waals surface area contributed by atoms with Gasteiger partial charge in [-0.05, 0) is 6.07 Å². The molecule has 0 bridgehead atoms. The molecule has 0 amide bonds. The zero-order valence-electron chi connectivity index (χ0n) is 11.1. The Morgan fingerprint density at radius 1 is 1.08 bits per heavy atom. The molecule has 0 fully saturated rings. The average molecular weight is 486 g/mol. The second kappa shape index (κ2) is 7.57. The third kappa shape index (κ3) is 5.39. The molecule has 11 nitrogen and oxygen atoms in total. The van der Waals surface area contributed by atoms with Crippen LogP contribution >= 0.6 is 51.6 Å². The Balaban J connectivity index is 2.13. The van der Waals surface area contributed by atoms with Gasteiger partial charge < -0.3 is 14.4 Å². The Labute approximate surface area is 148 Å². The van der Waals surface area contributed by atoms with Gasteiger partial charge in [0, 0.05) is 17.0 Å². The minimum atomic E-state index is -5.42. The molecule has 134 valence electrons. The van der Waals surface area contributed by atoms with Crippen LogP contribution in [0.3, 0.4) is 0 Å². The smallest absolute Gasteiger partial charge is 0.387 e. The molecular formula is C8H8BrClNO10P3. The van der Waals surface area contributed by atoms with E-state index in [9.17, 15) is 23.5 Å². The number of aromatic nitrogens is 1. The standard InChI is InChI=1S/C8H8BrClNO10P3/c9-18-24(16,19-10)21-23(14,15)20-22(12,13)17-8-5-6-3-1-2-4-7(6)11-8/h1-5,11H,(H,12,13)(H,14,15). The number of phosphoric ester groups is 1. The number of hydrogen-bond donors (Lipinski definition) is 3. The number of hydrogen-bond acceptors (Lipinski definition) is 8. The Morgan fingerprint density at radius 2 is 1.75 bits per heavy atom. The fourth-order valence-electron chi connectivity index (χ4n) is 1.54. The normalized spacial score (nSPS) is 19.3. The fraction of sp³-hybridized carbons (Fsp3) is 0. The molecule has 16 heteroatoms. The van der Waals surface area contributed by atoms with E-state index >= 15 is 0 Å². The largest absolute Gasteiger partial charge is 0.537 e. The zero-order valence-corrected chi connectivity index (χ0v) is 16.2. The molecule has 0 aliphatic heterocycles. The quantitative estimate of drug-likeness (QED) is 0.458. The molecule has 0 aliphatic rings. The van der Waals surface area contributed by atoms with Crippen molar-refractivity contribution in [1.82, 2.24) is 4.98 Å². The Morgan fingerprint density at radius 3 is 2.33 bits per heavy atom. The van der Waals surface area contributed by atoms with Crippen LogP contribution in [-0.4, -0.2) is 14.8 Å². The Bertz CT molecular complexity index is 832. The first-order valence-electron chi connectivity index (χ1n) is 5.64. The Kier molecular flexibility index (Phi) is 6.34. The fourth-order valence-corrected chi connectivity index (χ4v) is 5.86. The van der Waals surface area contributed by atoms with Gasteiger partial charge in [-0.15, -0.1) is 0 Å². The highest BCUT2D eigenvalue weighted by Crippen LogP contribution is 2.70. The van der Waals surface area contributed by atoms with E-state index in [0.29, 0.717) is 10.9 Å². The molecule has 2 aromatic rings. The summed E-state index contributed by atoms with van der Waals surface area (Å²) >= 11 is 6.95. The molecule has 1 heterocycles. The summed E-state index contributed by atoms with van der Waals surface area (Å²) in [5.74, 6) is -0.226. The van der Waals surface area contributed by atoms with Gasteiger partial charge in [0.1, 0.15) is 16.3 Å². The summed E-state index contributed by atoms with van der Waals surface area (Å²) < 4.78 is 55.0. The summed E-state index contributed by atoms with van der Waals surface area (Å²) in [6.45, 7) is 0. The van der Waals surface area contributed by atoms with Crippen LogP contribution in [0.2, 0.25) is 0 Å². The number of rotatable bonds is 8. The van der Waals surface area contributed by atoms with E-state index in [1.807, 2.05) is 0 Å². The third-order valence-corrected chi connectivity index (χ3v) is 7.91. The first-order valence-corrected chi connectivity index (χ1v) is 11.1. The third-order valence-electron chi connectivity index (χ3n) is 2.30. The van der Waals surface area contributed by atoms with E-state index in [1.54, 1.807) is 24.3 Å². The van der Waals surface area contributed by atoms with E-state index in [4.69, 9.17) is 11.9 Å². The summed E-state index contributed by atoms with van der Waals surface area (Å²) in [5.41, 5.74) is 0.573. The van der Waals surface area contributed by atoms with Crippen molar-refractivity contribution in [3.05, 3.63) is 30.3 Å². The highest BCUT2D eigenvalue weighted by Gasteiger charge is 2.44. The van der Waals surface area contributed by atoms with Crippen molar-refractivity contribution in [3.8, 4) is 5.88 Å². The molecule has 0 spiro atoms. The molecule has 3 unspecified atom stereocenters. The molecular weight excluding hydrogens is 478 g/mol. The molecule has 24 heavy (non-hydrogen) atoms. The van der Waals surface area contributed by atoms with Crippen molar-refractivity contribution in [2.75, 3.05) is 0 Å². The Hall–Kier alpha value is -0.220. The molecule has 3 N–H and O–H groups in total. The van der Waals surface area contributed by atoms with Gasteiger partial charge in [-0.2, -0.15) is 12.7 Å². The minimum absolute atomic E-state index is 0.226. The number of phosphoric acid groups is 3. The minimum Gasteiger partial charge on any atom is -0.387 e. The van der Waals surface area contributed by atoms with Crippen LogP contribution in [0.25, 0.3) is 10.9 Å². The number of nitrogens with one attached hydrogen (secondary N) is 1. The highest BCUT2D eigenvalue weighted by molar-refractivity contribution is 9.06. The van der Waals surface area contributed by atoms with E-state index in [1.165, 1.54) is 6.07 Å². The first-order chi connectivity index (χ1) is 11.1. The van der Waals surface area contributed by atoms with Crippen LogP contribution in [-0.2, 0) is 30.0 Å². The number of benzene rings is 1. The molecule has 1 aromatic heterocycles. The molecule has 1 aromatic carbocycles. The summed E-state index contributed by atoms with van der Waals surface area (Å²) in [5, 5.41) is 0.642. The van der Waals surface area contributed by atoms with Crippen LogP contribution in [0.1, 0.15) is 0 Å². The van der Waals surface area contributed by atoms with Gasteiger partial charge >= 0.3 is 23.5 Å². The van der Waals surface area contributed by atoms with Crippen LogP contribution in [0.5, 0.6) is 5.88 Å². The van der Waals surface area contributed by atoms with Crippen molar-refractivity contribution >= 4 is 62.5 Å². The van der Waals surface area contributed by atoms with Crippen LogP contribution in [0.15, 0.2) is 30.3 Å². The van der Waals surface area contributed by atoms with Gasteiger partial charge in [-0.1, -0.05) is 18.2 Å². The topological polar surface area (TPSA) is 154 Å². The lowest BCUT2D eigenvalue weighted by atomic mass is 10.3.